The fraction of sp³-hybridized carbons (Fsp3) is 0.375. The minimum Gasteiger partial charge on any atom is -0.335 e. The van der Waals surface area contributed by atoms with Crippen molar-refractivity contribution in [2.75, 3.05) is 13.1 Å². The number of hydrogen-bond donors (Lipinski definition) is 0. The highest BCUT2D eigenvalue weighted by Gasteiger charge is 2.31. The monoisotopic (exact) mass is 343 g/mol. The van der Waals surface area contributed by atoms with Crippen LogP contribution in [0.3, 0.4) is 0 Å². The first-order valence-electron chi connectivity index (χ1n) is 7.94. The number of carbonyl (C=O) groups is 1. The van der Waals surface area contributed by atoms with E-state index in [4.69, 9.17) is 0 Å². The Bertz CT molecular complexity index is 943. The van der Waals surface area contributed by atoms with Crippen LogP contribution >= 0.6 is 11.3 Å². The minimum atomic E-state index is -0.0704. The molecular formula is C16H17N5O2S. The summed E-state index contributed by atoms with van der Waals surface area (Å²) in [7, 11) is 0. The highest BCUT2D eigenvalue weighted by atomic mass is 32.1. The van der Waals surface area contributed by atoms with Crippen LogP contribution in [0.2, 0.25) is 0 Å². The van der Waals surface area contributed by atoms with Gasteiger partial charge in [-0.25, -0.2) is 14.8 Å². The highest BCUT2D eigenvalue weighted by Crippen LogP contribution is 2.25. The van der Waals surface area contributed by atoms with Crippen LogP contribution in [0.15, 0.2) is 34.0 Å². The SMILES string of the molecule is CCn1c(=O)n([C@@H]2CCN(C(=O)c3cscn3)C2)c2ncccc21. The maximum Gasteiger partial charge on any atom is 0.330 e. The molecule has 0 unspecified atom stereocenters. The molecule has 4 heterocycles. The fourth-order valence-corrected chi connectivity index (χ4v) is 3.89. The Kier molecular flexibility index (Phi) is 3.68. The highest BCUT2D eigenvalue weighted by molar-refractivity contribution is 7.07. The summed E-state index contributed by atoms with van der Waals surface area (Å²) in [5.74, 6) is -0.0704. The van der Waals surface area contributed by atoms with Gasteiger partial charge in [0.25, 0.3) is 5.91 Å². The third-order valence-corrected chi connectivity index (χ3v) is 5.09. The Morgan fingerprint density at radius 1 is 1.42 bits per heavy atom. The summed E-state index contributed by atoms with van der Waals surface area (Å²) < 4.78 is 3.47. The van der Waals surface area contributed by atoms with E-state index in [1.807, 2.05) is 19.1 Å². The van der Waals surface area contributed by atoms with Crippen LogP contribution in [0.1, 0.15) is 29.9 Å². The molecule has 0 bridgehead atoms. The van der Waals surface area contributed by atoms with E-state index in [1.165, 1.54) is 11.3 Å². The second kappa shape index (κ2) is 5.86. The molecular weight excluding hydrogens is 326 g/mol. The molecule has 0 N–H and O–H groups in total. The lowest BCUT2D eigenvalue weighted by Gasteiger charge is -2.15. The first-order valence-corrected chi connectivity index (χ1v) is 8.88. The number of nitrogens with zero attached hydrogens (tertiary/aromatic N) is 5. The Morgan fingerprint density at radius 3 is 3.04 bits per heavy atom. The lowest BCUT2D eigenvalue weighted by atomic mass is 10.2. The molecule has 3 aromatic heterocycles. The zero-order valence-electron chi connectivity index (χ0n) is 13.3. The van der Waals surface area contributed by atoms with Crippen LogP contribution in [0.5, 0.6) is 0 Å². The smallest absolute Gasteiger partial charge is 0.330 e. The van der Waals surface area contributed by atoms with Crippen LogP contribution in [0.4, 0.5) is 0 Å². The maximum absolute atomic E-state index is 12.8. The molecule has 0 spiro atoms. The van der Waals surface area contributed by atoms with Gasteiger partial charge in [0.2, 0.25) is 0 Å². The number of aromatic nitrogens is 4. The number of imidazole rings is 1. The van der Waals surface area contributed by atoms with Crippen LogP contribution in [-0.4, -0.2) is 43.0 Å². The quantitative estimate of drug-likeness (QED) is 0.726. The molecule has 8 heteroatoms. The van der Waals surface area contributed by atoms with E-state index in [-0.39, 0.29) is 17.6 Å². The molecule has 24 heavy (non-hydrogen) atoms. The summed E-state index contributed by atoms with van der Waals surface area (Å²) in [5, 5.41) is 1.76. The van der Waals surface area contributed by atoms with Gasteiger partial charge >= 0.3 is 5.69 Å². The number of fused-ring (bicyclic) bond motifs is 1. The van der Waals surface area contributed by atoms with Gasteiger partial charge in [0, 0.05) is 31.2 Å². The van der Waals surface area contributed by atoms with Crippen LogP contribution in [0, 0.1) is 0 Å². The molecule has 1 aliphatic rings. The van der Waals surface area contributed by atoms with E-state index in [2.05, 4.69) is 9.97 Å². The summed E-state index contributed by atoms with van der Waals surface area (Å²) in [6.45, 7) is 3.68. The number of thiazole rings is 1. The molecule has 1 aliphatic heterocycles. The third-order valence-electron chi connectivity index (χ3n) is 4.51. The molecule has 7 nitrogen and oxygen atoms in total. The number of amides is 1. The molecule has 0 radical (unpaired) electrons. The lowest BCUT2D eigenvalue weighted by molar-refractivity contribution is 0.0782. The van der Waals surface area contributed by atoms with Crippen molar-refractivity contribution in [2.45, 2.75) is 25.9 Å². The minimum absolute atomic E-state index is 0.0507. The lowest BCUT2D eigenvalue weighted by Crippen LogP contribution is -2.32. The van der Waals surface area contributed by atoms with Gasteiger partial charge in [0.05, 0.1) is 17.1 Å². The average molecular weight is 343 g/mol. The van der Waals surface area contributed by atoms with Gasteiger partial charge in [0.1, 0.15) is 5.69 Å². The zero-order valence-corrected chi connectivity index (χ0v) is 14.1. The molecule has 124 valence electrons. The topological polar surface area (TPSA) is 73.0 Å². The summed E-state index contributed by atoms with van der Waals surface area (Å²) in [5.41, 5.74) is 3.61. The second-order valence-electron chi connectivity index (χ2n) is 5.81. The summed E-state index contributed by atoms with van der Waals surface area (Å²) in [6.07, 6.45) is 2.45. The van der Waals surface area contributed by atoms with Crippen molar-refractivity contribution in [3.63, 3.8) is 0 Å². The molecule has 1 atom stereocenters. The van der Waals surface area contributed by atoms with Crippen molar-refractivity contribution in [3.8, 4) is 0 Å². The van der Waals surface area contributed by atoms with E-state index in [0.717, 1.165) is 11.9 Å². The first kappa shape index (κ1) is 15.1. The molecule has 1 amide bonds. The Morgan fingerprint density at radius 2 is 2.29 bits per heavy atom. The largest absolute Gasteiger partial charge is 0.335 e. The van der Waals surface area contributed by atoms with Crippen molar-refractivity contribution in [1.29, 1.82) is 0 Å². The maximum atomic E-state index is 12.8. The summed E-state index contributed by atoms with van der Waals surface area (Å²) in [4.78, 5) is 35.5. The molecule has 1 saturated heterocycles. The molecule has 4 rings (SSSR count). The second-order valence-corrected chi connectivity index (χ2v) is 6.53. The van der Waals surface area contributed by atoms with Crippen LogP contribution in [-0.2, 0) is 6.54 Å². The van der Waals surface area contributed by atoms with Gasteiger partial charge in [-0.1, -0.05) is 0 Å². The van der Waals surface area contributed by atoms with Gasteiger partial charge in [0.15, 0.2) is 5.65 Å². The van der Waals surface area contributed by atoms with Gasteiger partial charge in [-0.15, -0.1) is 11.3 Å². The number of pyridine rings is 1. The Labute approximate surface area is 142 Å². The number of carbonyl (C=O) groups excluding carboxylic acids is 1. The average Bonchev–Trinajstić information content (AvgIpc) is 3.32. The Balaban J connectivity index is 1.69. The van der Waals surface area contributed by atoms with E-state index in [1.54, 1.807) is 31.1 Å². The molecule has 3 aromatic rings. The number of likely N-dealkylation sites (tertiary alicyclic amines) is 1. The van der Waals surface area contributed by atoms with Crippen molar-refractivity contribution >= 4 is 28.4 Å². The predicted octanol–water partition coefficient (Wildman–Crippen LogP) is 1.76. The van der Waals surface area contributed by atoms with E-state index in [9.17, 15) is 9.59 Å². The third kappa shape index (κ3) is 2.25. The molecule has 0 saturated carbocycles. The number of hydrogen-bond acceptors (Lipinski definition) is 5. The van der Waals surface area contributed by atoms with Crippen molar-refractivity contribution < 1.29 is 4.79 Å². The van der Waals surface area contributed by atoms with E-state index < -0.39 is 0 Å². The summed E-state index contributed by atoms with van der Waals surface area (Å²) >= 11 is 1.41. The Hall–Kier alpha value is -2.48. The summed E-state index contributed by atoms with van der Waals surface area (Å²) in [6, 6.07) is 3.70. The standard InChI is InChI=1S/C16H17N5O2S/c1-2-20-13-4-3-6-17-14(13)21(16(20)23)11-5-7-19(8-11)15(22)12-9-24-10-18-12/h3-4,6,9-11H,2,5,7-8H2,1H3/t11-/m1/s1. The van der Waals surface area contributed by atoms with Crippen LogP contribution < -0.4 is 5.69 Å². The van der Waals surface area contributed by atoms with E-state index >= 15 is 0 Å². The zero-order chi connectivity index (χ0) is 16.7. The van der Waals surface area contributed by atoms with Crippen molar-refractivity contribution in [1.82, 2.24) is 24.0 Å². The van der Waals surface area contributed by atoms with Gasteiger partial charge in [-0.05, 0) is 25.5 Å². The number of aryl methyl sites for hydroxylation is 1. The van der Waals surface area contributed by atoms with Crippen LogP contribution in [0.25, 0.3) is 11.2 Å². The fourth-order valence-electron chi connectivity index (χ4n) is 3.36. The number of rotatable bonds is 3. The molecule has 0 aromatic carbocycles. The normalized spacial score (nSPS) is 17.7. The van der Waals surface area contributed by atoms with Crippen molar-refractivity contribution in [2.24, 2.45) is 0 Å². The molecule has 0 aliphatic carbocycles. The van der Waals surface area contributed by atoms with Gasteiger partial charge in [-0.2, -0.15) is 0 Å². The van der Waals surface area contributed by atoms with Crippen molar-refractivity contribution in [3.05, 3.63) is 45.4 Å². The predicted molar refractivity (Wildman–Crippen MR) is 91.3 cm³/mol. The van der Waals surface area contributed by atoms with E-state index in [0.29, 0.717) is 31.0 Å². The molecule has 1 fully saturated rings. The van der Waals surface area contributed by atoms with Gasteiger partial charge in [-0.3, -0.25) is 13.9 Å². The van der Waals surface area contributed by atoms with Gasteiger partial charge < -0.3 is 4.90 Å². The first-order chi connectivity index (χ1) is 11.7.